The molecule has 0 aliphatic heterocycles. The number of hydrogen-bond donors (Lipinski definition) is 1. The number of carboxylic acid groups (broad SMARTS) is 1. The lowest BCUT2D eigenvalue weighted by molar-refractivity contribution is -0.144. The molecule has 1 aromatic carbocycles. The summed E-state index contributed by atoms with van der Waals surface area (Å²) in [4.78, 5) is 15.2. The molecule has 1 unspecified atom stereocenters. The number of rotatable bonds is 3. The number of halogens is 1. The van der Waals surface area contributed by atoms with E-state index in [-0.39, 0.29) is 0 Å². The lowest BCUT2D eigenvalue weighted by Gasteiger charge is -2.13. The van der Waals surface area contributed by atoms with Gasteiger partial charge in [0.05, 0.1) is 10.5 Å². The molecule has 1 N–H and O–H groups in total. The van der Waals surface area contributed by atoms with Crippen molar-refractivity contribution in [3.8, 4) is 5.75 Å². The predicted octanol–water partition coefficient (Wildman–Crippen LogP) is 3.05. The van der Waals surface area contributed by atoms with Crippen LogP contribution in [0.1, 0.15) is 12.6 Å². The maximum absolute atomic E-state index is 10.8. The molecule has 0 saturated heterocycles. The van der Waals surface area contributed by atoms with Crippen molar-refractivity contribution < 1.29 is 14.6 Å². The number of nitrogens with zero attached hydrogens (tertiary/aromatic N) is 1. The van der Waals surface area contributed by atoms with Gasteiger partial charge < -0.3 is 9.84 Å². The average molecular weight is 266 g/mol. The molecule has 1 aromatic heterocycles. The third-order valence-corrected chi connectivity index (χ3v) is 2.84. The lowest BCUT2D eigenvalue weighted by atomic mass is 10.2. The maximum atomic E-state index is 10.8. The van der Waals surface area contributed by atoms with Crippen LogP contribution in [-0.2, 0) is 4.79 Å². The fourth-order valence-electron chi connectivity index (χ4n) is 1.64. The van der Waals surface area contributed by atoms with E-state index in [0.29, 0.717) is 21.7 Å². The second-order valence-electron chi connectivity index (χ2n) is 4.00. The van der Waals surface area contributed by atoms with Crippen molar-refractivity contribution in [2.24, 2.45) is 0 Å². The Morgan fingerprint density at radius 3 is 2.89 bits per heavy atom. The van der Waals surface area contributed by atoms with E-state index in [0.717, 1.165) is 5.69 Å². The smallest absolute Gasteiger partial charge is 0.344 e. The number of fused-ring (bicyclic) bond motifs is 1. The molecule has 4 nitrogen and oxygen atoms in total. The molecule has 2 rings (SSSR count). The van der Waals surface area contributed by atoms with Crippen LogP contribution in [0.15, 0.2) is 24.3 Å². The predicted molar refractivity (Wildman–Crippen MR) is 69.2 cm³/mol. The van der Waals surface area contributed by atoms with Gasteiger partial charge in [0.1, 0.15) is 5.75 Å². The molecule has 0 aliphatic rings. The molecule has 0 amide bonds. The van der Waals surface area contributed by atoms with Crippen LogP contribution in [0.3, 0.4) is 0 Å². The molecular formula is C13H12ClNO3. The lowest BCUT2D eigenvalue weighted by Crippen LogP contribution is -2.23. The van der Waals surface area contributed by atoms with E-state index in [1.54, 1.807) is 31.2 Å². The van der Waals surface area contributed by atoms with Crippen molar-refractivity contribution in [2.45, 2.75) is 20.0 Å². The Bertz CT molecular complexity index is 612. The zero-order valence-corrected chi connectivity index (χ0v) is 10.7. The fourth-order valence-corrected chi connectivity index (χ4v) is 1.86. The van der Waals surface area contributed by atoms with Crippen LogP contribution < -0.4 is 4.74 Å². The van der Waals surface area contributed by atoms with Gasteiger partial charge in [0.15, 0.2) is 6.10 Å². The Morgan fingerprint density at radius 2 is 2.22 bits per heavy atom. The standard InChI is InChI=1S/C13H12ClNO3/c1-7-6-11(18-8(2)13(16)17)9-4-3-5-10(14)12(9)15-7/h3-6,8H,1-2H3,(H,16,17). The summed E-state index contributed by atoms with van der Waals surface area (Å²) in [5, 5.41) is 10.1. The topological polar surface area (TPSA) is 59.4 Å². The van der Waals surface area contributed by atoms with Gasteiger partial charge in [0, 0.05) is 17.1 Å². The first-order valence-electron chi connectivity index (χ1n) is 5.44. The Kier molecular flexibility index (Phi) is 3.39. The van der Waals surface area contributed by atoms with Crippen molar-refractivity contribution in [2.75, 3.05) is 0 Å². The number of aryl methyl sites for hydroxylation is 1. The van der Waals surface area contributed by atoms with Gasteiger partial charge in [-0.3, -0.25) is 4.98 Å². The van der Waals surface area contributed by atoms with Gasteiger partial charge in [-0.15, -0.1) is 0 Å². The zero-order chi connectivity index (χ0) is 13.3. The van der Waals surface area contributed by atoms with Crippen molar-refractivity contribution in [3.05, 3.63) is 35.0 Å². The van der Waals surface area contributed by atoms with Crippen molar-refractivity contribution in [1.29, 1.82) is 0 Å². The van der Waals surface area contributed by atoms with Crippen LogP contribution >= 0.6 is 11.6 Å². The van der Waals surface area contributed by atoms with Gasteiger partial charge in [-0.05, 0) is 26.0 Å². The van der Waals surface area contributed by atoms with Crippen LogP contribution in [0.2, 0.25) is 5.02 Å². The van der Waals surface area contributed by atoms with E-state index < -0.39 is 12.1 Å². The summed E-state index contributed by atoms with van der Waals surface area (Å²) < 4.78 is 5.43. The van der Waals surface area contributed by atoms with E-state index >= 15 is 0 Å². The van der Waals surface area contributed by atoms with Gasteiger partial charge in [-0.2, -0.15) is 0 Å². The summed E-state index contributed by atoms with van der Waals surface area (Å²) in [5.74, 6) is -0.533. The monoisotopic (exact) mass is 265 g/mol. The Morgan fingerprint density at radius 1 is 1.50 bits per heavy atom. The quantitative estimate of drug-likeness (QED) is 0.927. The number of hydrogen-bond acceptors (Lipinski definition) is 3. The van der Waals surface area contributed by atoms with E-state index in [1.807, 2.05) is 0 Å². The van der Waals surface area contributed by atoms with Crippen molar-refractivity contribution in [1.82, 2.24) is 4.98 Å². The van der Waals surface area contributed by atoms with Crippen LogP contribution in [-0.4, -0.2) is 22.2 Å². The molecule has 0 spiro atoms. The second-order valence-corrected chi connectivity index (χ2v) is 4.40. The van der Waals surface area contributed by atoms with Crippen molar-refractivity contribution in [3.63, 3.8) is 0 Å². The molecule has 18 heavy (non-hydrogen) atoms. The molecule has 2 aromatic rings. The largest absolute Gasteiger partial charge is 0.479 e. The molecular weight excluding hydrogens is 254 g/mol. The highest BCUT2D eigenvalue weighted by Crippen LogP contribution is 2.30. The summed E-state index contributed by atoms with van der Waals surface area (Å²) in [6, 6.07) is 7.02. The Labute approximate surface area is 109 Å². The molecule has 94 valence electrons. The minimum atomic E-state index is -1.01. The van der Waals surface area contributed by atoms with E-state index in [9.17, 15) is 4.79 Å². The number of para-hydroxylation sites is 1. The van der Waals surface area contributed by atoms with Crippen LogP contribution in [0, 0.1) is 6.92 Å². The number of aliphatic carboxylic acids is 1. The normalized spacial score (nSPS) is 12.4. The van der Waals surface area contributed by atoms with Gasteiger partial charge in [-0.25, -0.2) is 4.79 Å². The molecule has 0 aliphatic carbocycles. The third kappa shape index (κ3) is 2.38. The highest BCUT2D eigenvalue weighted by atomic mass is 35.5. The minimum absolute atomic E-state index is 0.481. The number of carboxylic acids is 1. The summed E-state index contributed by atoms with van der Waals surface area (Å²) >= 11 is 6.07. The SMILES string of the molecule is Cc1cc(OC(C)C(=O)O)c2cccc(Cl)c2n1. The highest BCUT2D eigenvalue weighted by Gasteiger charge is 2.15. The number of ether oxygens (including phenoxy) is 1. The summed E-state index contributed by atoms with van der Waals surface area (Å²) in [5.41, 5.74) is 1.34. The second kappa shape index (κ2) is 4.82. The molecule has 0 fully saturated rings. The first-order chi connectivity index (χ1) is 8.49. The summed E-state index contributed by atoms with van der Waals surface area (Å²) in [7, 11) is 0. The van der Waals surface area contributed by atoms with Gasteiger partial charge in [0.25, 0.3) is 0 Å². The highest BCUT2D eigenvalue weighted by molar-refractivity contribution is 6.35. The van der Waals surface area contributed by atoms with Crippen LogP contribution in [0.4, 0.5) is 0 Å². The number of carbonyl (C=O) groups is 1. The molecule has 0 bridgehead atoms. The van der Waals surface area contributed by atoms with E-state index in [2.05, 4.69) is 4.98 Å². The first-order valence-corrected chi connectivity index (χ1v) is 5.82. The van der Waals surface area contributed by atoms with E-state index in [1.165, 1.54) is 6.92 Å². The van der Waals surface area contributed by atoms with Gasteiger partial charge in [0.2, 0.25) is 0 Å². The average Bonchev–Trinajstić information content (AvgIpc) is 2.30. The van der Waals surface area contributed by atoms with Crippen LogP contribution in [0.25, 0.3) is 10.9 Å². The molecule has 0 saturated carbocycles. The zero-order valence-electron chi connectivity index (χ0n) is 9.98. The Hall–Kier alpha value is -1.81. The molecule has 1 heterocycles. The van der Waals surface area contributed by atoms with Crippen molar-refractivity contribution >= 4 is 28.5 Å². The first kappa shape index (κ1) is 12.6. The van der Waals surface area contributed by atoms with Gasteiger partial charge in [-0.1, -0.05) is 17.7 Å². The number of pyridine rings is 1. The van der Waals surface area contributed by atoms with Gasteiger partial charge >= 0.3 is 5.97 Å². The fraction of sp³-hybridized carbons (Fsp3) is 0.231. The molecule has 5 heteroatoms. The minimum Gasteiger partial charge on any atom is -0.479 e. The molecule has 1 atom stereocenters. The maximum Gasteiger partial charge on any atom is 0.344 e. The Balaban J connectivity index is 2.56. The number of benzene rings is 1. The molecule has 0 radical (unpaired) electrons. The van der Waals surface area contributed by atoms with E-state index in [4.69, 9.17) is 21.4 Å². The summed E-state index contributed by atoms with van der Waals surface area (Å²) in [6.07, 6.45) is -0.922. The summed E-state index contributed by atoms with van der Waals surface area (Å²) in [6.45, 7) is 3.29. The third-order valence-electron chi connectivity index (χ3n) is 2.53. The van der Waals surface area contributed by atoms with Crippen LogP contribution in [0.5, 0.6) is 5.75 Å². The number of aromatic nitrogens is 1.